The van der Waals surface area contributed by atoms with Crippen LogP contribution < -0.4 is 9.64 Å². The summed E-state index contributed by atoms with van der Waals surface area (Å²) in [4.78, 5) is 26.7. The van der Waals surface area contributed by atoms with E-state index in [-0.39, 0.29) is 23.7 Å². The maximum Gasteiger partial charge on any atom is 0.238 e. The fraction of sp³-hybridized carbons (Fsp3) is 0.238. The van der Waals surface area contributed by atoms with Gasteiger partial charge in [0.25, 0.3) is 0 Å². The fourth-order valence-corrected chi connectivity index (χ4v) is 3.58. The third kappa shape index (κ3) is 2.84. The van der Waals surface area contributed by atoms with Crippen molar-refractivity contribution < 1.29 is 14.3 Å². The molecule has 4 heteroatoms. The number of hydrogen-bond donors (Lipinski definition) is 0. The molecule has 2 aromatic rings. The van der Waals surface area contributed by atoms with Gasteiger partial charge in [0.1, 0.15) is 11.5 Å². The Morgan fingerprint density at radius 1 is 0.880 bits per heavy atom. The summed E-state index contributed by atoms with van der Waals surface area (Å²) in [5.41, 5.74) is 1.80. The van der Waals surface area contributed by atoms with E-state index >= 15 is 0 Å². The number of para-hydroxylation sites is 1. The van der Waals surface area contributed by atoms with Gasteiger partial charge < -0.3 is 4.74 Å². The number of hydrogen-bond acceptors (Lipinski definition) is 3. The van der Waals surface area contributed by atoms with Crippen molar-refractivity contribution in [3.8, 4) is 11.5 Å². The minimum atomic E-state index is -0.212. The topological polar surface area (TPSA) is 46.6 Å². The van der Waals surface area contributed by atoms with Gasteiger partial charge in [-0.2, -0.15) is 0 Å². The highest BCUT2D eigenvalue weighted by molar-refractivity contribution is 6.22. The van der Waals surface area contributed by atoms with Crippen LogP contribution in [0.5, 0.6) is 11.5 Å². The van der Waals surface area contributed by atoms with Gasteiger partial charge in [0.05, 0.1) is 17.5 Å². The largest absolute Gasteiger partial charge is 0.457 e. The number of ether oxygens (including phenoxy) is 1. The SMILES string of the molecule is CC1=CC[C@@H]2C(=O)N(c3ccc(Oc4ccccc4)cc3)C(=O)[C@H]2C1. The van der Waals surface area contributed by atoms with Crippen molar-refractivity contribution in [2.24, 2.45) is 11.8 Å². The summed E-state index contributed by atoms with van der Waals surface area (Å²) < 4.78 is 5.76. The van der Waals surface area contributed by atoms with Crippen molar-refractivity contribution in [1.29, 1.82) is 0 Å². The maximum atomic E-state index is 12.7. The lowest BCUT2D eigenvalue weighted by atomic mass is 9.82. The highest BCUT2D eigenvalue weighted by atomic mass is 16.5. The molecule has 1 heterocycles. The Bertz CT molecular complexity index is 839. The zero-order valence-electron chi connectivity index (χ0n) is 14.0. The molecule has 0 spiro atoms. The summed E-state index contributed by atoms with van der Waals surface area (Å²) in [7, 11) is 0. The molecule has 0 N–H and O–H groups in total. The van der Waals surface area contributed by atoms with Crippen LogP contribution in [-0.2, 0) is 9.59 Å². The Labute approximate surface area is 146 Å². The lowest BCUT2D eigenvalue weighted by Crippen LogP contribution is -2.30. The molecule has 0 saturated carbocycles. The first-order valence-electron chi connectivity index (χ1n) is 8.50. The number of amides is 2. The first kappa shape index (κ1) is 15.6. The van der Waals surface area contributed by atoms with E-state index in [4.69, 9.17) is 4.74 Å². The number of fused-ring (bicyclic) bond motifs is 1. The first-order chi connectivity index (χ1) is 12.1. The van der Waals surface area contributed by atoms with Gasteiger partial charge in [0, 0.05) is 0 Å². The van der Waals surface area contributed by atoms with Gasteiger partial charge in [0.15, 0.2) is 0 Å². The van der Waals surface area contributed by atoms with Crippen molar-refractivity contribution in [1.82, 2.24) is 0 Å². The number of anilines is 1. The molecule has 0 unspecified atom stereocenters. The molecule has 1 saturated heterocycles. The van der Waals surface area contributed by atoms with Crippen LogP contribution in [0.15, 0.2) is 66.2 Å². The molecule has 1 fully saturated rings. The van der Waals surface area contributed by atoms with E-state index in [0.29, 0.717) is 24.3 Å². The first-order valence-corrected chi connectivity index (χ1v) is 8.50. The smallest absolute Gasteiger partial charge is 0.238 e. The van der Waals surface area contributed by atoms with Crippen LogP contribution in [0.1, 0.15) is 19.8 Å². The molecule has 0 aromatic heterocycles. The average molecular weight is 333 g/mol. The summed E-state index contributed by atoms with van der Waals surface area (Å²) >= 11 is 0. The summed E-state index contributed by atoms with van der Waals surface area (Å²) in [5, 5.41) is 0. The van der Waals surface area contributed by atoms with Gasteiger partial charge >= 0.3 is 0 Å². The number of benzene rings is 2. The van der Waals surface area contributed by atoms with Crippen LogP contribution in [0.2, 0.25) is 0 Å². The number of allylic oxidation sites excluding steroid dienone is 2. The third-order valence-corrected chi connectivity index (χ3v) is 4.90. The van der Waals surface area contributed by atoms with Crippen molar-refractivity contribution in [2.75, 3.05) is 4.90 Å². The second-order valence-corrected chi connectivity index (χ2v) is 6.62. The molecular weight excluding hydrogens is 314 g/mol. The highest BCUT2D eigenvalue weighted by Crippen LogP contribution is 2.40. The summed E-state index contributed by atoms with van der Waals surface area (Å²) in [5.74, 6) is 0.823. The lowest BCUT2D eigenvalue weighted by Gasteiger charge is -2.18. The minimum Gasteiger partial charge on any atom is -0.457 e. The zero-order valence-corrected chi connectivity index (χ0v) is 14.0. The molecule has 0 radical (unpaired) electrons. The van der Waals surface area contributed by atoms with E-state index in [2.05, 4.69) is 6.08 Å². The molecule has 1 aliphatic carbocycles. The number of nitrogens with zero attached hydrogens (tertiary/aromatic N) is 1. The second-order valence-electron chi connectivity index (χ2n) is 6.62. The molecule has 25 heavy (non-hydrogen) atoms. The van der Waals surface area contributed by atoms with E-state index in [1.54, 1.807) is 24.3 Å². The fourth-order valence-electron chi connectivity index (χ4n) is 3.58. The normalized spacial score (nSPS) is 22.6. The van der Waals surface area contributed by atoms with E-state index < -0.39 is 0 Å². The van der Waals surface area contributed by atoms with E-state index in [1.165, 1.54) is 10.5 Å². The van der Waals surface area contributed by atoms with E-state index in [1.807, 2.05) is 37.3 Å². The molecule has 4 nitrogen and oxygen atoms in total. The monoisotopic (exact) mass is 333 g/mol. The average Bonchev–Trinajstić information content (AvgIpc) is 2.87. The Balaban J connectivity index is 1.54. The maximum absolute atomic E-state index is 12.7. The summed E-state index contributed by atoms with van der Waals surface area (Å²) in [6.45, 7) is 2.02. The second kappa shape index (κ2) is 6.20. The molecule has 2 aliphatic rings. The van der Waals surface area contributed by atoms with Crippen LogP contribution in [-0.4, -0.2) is 11.8 Å². The molecule has 126 valence electrons. The number of carbonyl (C=O) groups excluding carboxylic acids is 2. The van der Waals surface area contributed by atoms with Gasteiger partial charge in [-0.3, -0.25) is 14.5 Å². The number of imide groups is 1. The van der Waals surface area contributed by atoms with E-state index in [0.717, 1.165) is 5.75 Å². The third-order valence-electron chi connectivity index (χ3n) is 4.90. The van der Waals surface area contributed by atoms with Crippen LogP contribution in [0.3, 0.4) is 0 Å². The molecule has 2 aromatic carbocycles. The minimum absolute atomic E-state index is 0.0841. The highest BCUT2D eigenvalue weighted by Gasteiger charge is 2.48. The van der Waals surface area contributed by atoms with Gasteiger partial charge in [-0.05, 0) is 56.2 Å². The Morgan fingerprint density at radius 2 is 1.52 bits per heavy atom. The summed E-state index contributed by atoms with van der Waals surface area (Å²) in [6, 6.07) is 16.6. The Morgan fingerprint density at radius 3 is 2.24 bits per heavy atom. The Hall–Kier alpha value is -2.88. The van der Waals surface area contributed by atoms with Crippen LogP contribution in [0, 0.1) is 11.8 Å². The van der Waals surface area contributed by atoms with Gasteiger partial charge in [-0.15, -0.1) is 0 Å². The molecule has 2 amide bonds. The number of carbonyl (C=O) groups is 2. The van der Waals surface area contributed by atoms with Gasteiger partial charge in [-0.1, -0.05) is 29.8 Å². The molecule has 1 aliphatic heterocycles. The predicted molar refractivity (Wildman–Crippen MR) is 95.4 cm³/mol. The molecule has 2 atom stereocenters. The summed E-state index contributed by atoms with van der Waals surface area (Å²) in [6.07, 6.45) is 3.42. The van der Waals surface area contributed by atoms with Gasteiger partial charge in [-0.25, -0.2) is 0 Å². The van der Waals surface area contributed by atoms with Crippen molar-refractivity contribution in [2.45, 2.75) is 19.8 Å². The lowest BCUT2D eigenvalue weighted by molar-refractivity contribution is -0.122. The van der Waals surface area contributed by atoms with Crippen LogP contribution in [0.4, 0.5) is 5.69 Å². The quantitative estimate of drug-likeness (QED) is 0.620. The standard InChI is InChI=1S/C21H19NO3/c1-14-7-12-18-19(13-14)21(24)22(20(18)23)15-8-10-17(11-9-15)25-16-5-3-2-4-6-16/h2-11,18-19H,12-13H2,1H3/t18-,19-/m0/s1. The van der Waals surface area contributed by atoms with Crippen molar-refractivity contribution in [3.63, 3.8) is 0 Å². The van der Waals surface area contributed by atoms with Crippen LogP contribution >= 0.6 is 0 Å². The molecular formula is C21H19NO3. The van der Waals surface area contributed by atoms with Crippen LogP contribution in [0.25, 0.3) is 0 Å². The predicted octanol–water partition coefficient (Wildman–Crippen LogP) is 4.32. The van der Waals surface area contributed by atoms with Crippen molar-refractivity contribution >= 4 is 17.5 Å². The molecule has 0 bridgehead atoms. The van der Waals surface area contributed by atoms with Crippen molar-refractivity contribution in [3.05, 3.63) is 66.2 Å². The zero-order chi connectivity index (χ0) is 17.4. The van der Waals surface area contributed by atoms with E-state index in [9.17, 15) is 9.59 Å². The molecule has 4 rings (SSSR count). The van der Waals surface area contributed by atoms with Gasteiger partial charge in [0.2, 0.25) is 11.8 Å². The Kier molecular flexibility index (Phi) is 3.88. The number of rotatable bonds is 3.